The Kier molecular flexibility index (Phi) is 4.95. The quantitative estimate of drug-likeness (QED) is 0.902. The van der Waals surface area contributed by atoms with Gasteiger partial charge in [0.2, 0.25) is 0 Å². The lowest BCUT2D eigenvalue weighted by Gasteiger charge is -2.37. The summed E-state index contributed by atoms with van der Waals surface area (Å²) in [5.74, 6) is -0.0288. The molecule has 1 N–H and O–H groups in total. The van der Waals surface area contributed by atoms with Crippen molar-refractivity contribution >= 4 is 17.5 Å². The number of ether oxygens (including phenoxy) is 1. The first-order chi connectivity index (χ1) is 11.0. The number of amides is 1. The number of carbonyl (C=O) groups excluding carboxylic acids is 1. The molecule has 0 aromatic heterocycles. The van der Waals surface area contributed by atoms with Crippen LogP contribution in [0.4, 0.5) is 0 Å². The van der Waals surface area contributed by atoms with Gasteiger partial charge in [0.1, 0.15) is 0 Å². The normalized spacial score (nSPS) is 28.2. The Balaban J connectivity index is 1.85. The van der Waals surface area contributed by atoms with Crippen LogP contribution in [0, 0.1) is 19.8 Å². The Morgan fingerprint density at radius 1 is 1.30 bits per heavy atom. The number of nitrogens with zero attached hydrogens (tertiary/aromatic N) is 1. The van der Waals surface area contributed by atoms with Crippen molar-refractivity contribution in [2.75, 3.05) is 19.8 Å². The van der Waals surface area contributed by atoms with E-state index in [4.69, 9.17) is 16.3 Å². The molecule has 2 heterocycles. The molecule has 2 aliphatic heterocycles. The summed E-state index contributed by atoms with van der Waals surface area (Å²) >= 11 is 6.32. The lowest BCUT2D eigenvalue weighted by Crippen LogP contribution is -2.48. The highest BCUT2D eigenvalue weighted by molar-refractivity contribution is 6.34. The summed E-state index contributed by atoms with van der Waals surface area (Å²) < 4.78 is 5.53. The average molecular weight is 338 g/mol. The van der Waals surface area contributed by atoms with Gasteiger partial charge in [-0.3, -0.25) is 4.79 Å². The second-order valence-electron chi connectivity index (χ2n) is 6.72. The number of benzene rings is 1. The molecule has 0 bridgehead atoms. The fourth-order valence-electron chi connectivity index (χ4n) is 3.71. The van der Waals surface area contributed by atoms with Crippen molar-refractivity contribution in [2.45, 2.75) is 45.3 Å². The fraction of sp³-hybridized carbons (Fsp3) is 0.611. The number of aliphatic hydroxyl groups is 1. The predicted molar refractivity (Wildman–Crippen MR) is 89.9 cm³/mol. The summed E-state index contributed by atoms with van der Waals surface area (Å²) in [4.78, 5) is 14.9. The first-order valence-corrected chi connectivity index (χ1v) is 8.70. The number of likely N-dealkylation sites (tertiary alicyclic amines) is 1. The van der Waals surface area contributed by atoms with Gasteiger partial charge < -0.3 is 14.7 Å². The zero-order valence-corrected chi connectivity index (χ0v) is 14.5. The number of rotatable bonds is 2. The molecule has 126 valence electrons. The van der Waals surface area contributed by atoms with Gasteiger partial charge in [0.25, 0.3) is 5.91 Å². The third-order valence-corrected chi connectivity index (χ3v) is 5.54. The first kappa shape index (κ1) is 16.7. The summed E-state index contributed by atoms with van der Waals surface area (Å²) in [7, 11) is 0. The summed E-state index contributed by atoms with van der Waals surface area (Å²) in [5, 5.41) is 10.8. The second-order valence-corrected chi connectivity index (χ2v) is 7.13. The van der Waals surface area contributed by atoms with Gasteiger partial charge in [-0.1, -0.05) is 11.6 Å². The Morgan fingerprint density at radius 3 is 2.78 bits per heavy atom. The molecule has 1 aromatic carbocycles. The highest BCUT2D eigenvalue weighted by atomic mass is 35.5. The maximum Gasteiger partial charge on any atom is 0.255 e. The van der Waals surface area contributed by atoms with Crippen LogP contribution >= 0.6 is 11.6 Å². The van der Waals surface area contributed by atoms with Crippen LogP contribution in [0.1, 0.15) is 40.7 Å². The molecule has 1 aromatic rings. The fourth-order valence-corrected chi connectivity index (χ4v) is 4.00. The van der Waals surface area contributed by atoms with E-state index < -0.39 is 6.10 Å². The lowest BCUT2D eigenvalue weighted by atomic mass is 9.89. The summed E-state index contributed by atoms with van der Waals surface area (Å²) in [6, 6.07) is 3.77. The molecule has 0 unspecified atom stereocenters. The third-order valence-electron chi connectivity index (χ3n) is 5.23. The Labute approximate surface area is 142 Å². The molecule has 4 nitrogen and oxygen atoms in total. The van der Waals surface area contributed by atoms with E-state index in [9.17, 15) is 9.90 Å². The van der Waals surface area contributed by atoms with Crippen molar-refractivity contribution in [3.05, 3.63) is 33.8 Å². The van der Waals surface area contributed by atoms with Crippen LogP contribution in [-0.2, 0) is 4.74 Å². The van der Waals surface area contributed by atoms with Gasteiger partial charge in [0.15, 0.2) is 0 Å². The standard InChI is InChI=1S/C18H24ClNO3/c1-11-8-13(15(19)9-12(11)2)18(22)20-6-3-4-16(20)14-10-23-7-5-17(14)21/h8-9,14,16-17,21H,3-7,10H2,1-2H3/t14-,16+,17+/m0/s1. The van der Waals surface area contributed by atoms with E-state index in [1.165, 1.54) is 0 Å². The zero-order valence-electron chi connectivity index (χ0n) is 13.7. The third kappa shape index (κ3) is 3.25. The minimum absolute atomic E-state index is 0.000482. The summed E-state index contributed by atoms with van der Waals surface area (Å²) in [6.07, 6.45) is 2.13. The van der Waals surface area contributed by atoms with E-state index in [1.807, 2.05) is 30.9 Å². The van der Waals surface area contributed by atoms with Crippen molar-refractivity contribution in [1.29, 1.82) is 0 Å². The highest BCUT2D eigenvalue weighted by Gasteiger charge is 2.40. The molecule has 0 saturated carbocycles. The van der Waals surface area contributed by atoms with Gasteiger partial charge in [-0.25, -0.2) is 0 Å². The second kappa shape index (κ2) is 6.80. The molecule has 2 aliphatic rings. The van der Waals surface area contributed by atoms with Crippen molar-refractivity contribution in [3.63, 3.8) is 0 Å². The van der Waals surface area contributed by atoms with Crippen LogP contribution in [0.3, 0.4) is 0 Å². The van der Waals surface area contributed by atoms with Gasteiger partial charge in [-0.15, -0.1) is 0 Å². The number of aryl methyl sites for hydroxylation is 2. The van der Waals surface area contributed by atoms with Gasteiger partial charge in [0.05, 0.1) is 23.3 Å². The van der Waals surface area contributed by atoms with Crippen molar-refractivity contribution in [3.8, 4) is 0 Å². The summed E-state index contributed by atoms with van der Waals surface area (Å²) in [5.41, 5.74) is 2.71. The molecule has 1 amide bonds. The predicted octanol–water partition coefficient (Wildman–Crippen LogP) is 2.96. The molecule has 0 radical (unpaired) electrons. The van der Waals surface area contributed by atoms with Gasteiger partial charge in [-0.05, 0) is 56.4 Å². The molecular weight excluding hydrogens is 314 g/mol. The Bertz CT molecular complexity index is 604. The van der Waals surface area contributed by atoms with Crippen molar-refractivity contribution < 1.29 is 14.6 Å². The van der Waals surface area contributed by atoms with E-state index in [1.54, 1.807) is 0 Å². The number of aliphatic hydroxyl groups excluding tert-OH is 1. The minimum atomic E-state index is -0.391. The van der Waals surface area contributed by atoms with E-state index in [-0.39, 0.29) is 17.9 Å². The molecule has 2 saturated heterocycles. The zero-order chi connectivity index (χ0) is 16.6. The largest absolute Gasteiger partial charge is 0.393 e. The maximum absolute atomic E-state index is 13.0. The maximum atomic E-state index is 13.0. The van der Waals surface area contributed by atoms with E-state index in [2.05, 4.69) is 0 Å². The molecule has 2 fully saturated rings. The van der Waals surface area contributed by atoms with E-state index >= 15 is 0 Å². The minimum Gasteiger partial charge on any atom is -0.393 e. The molecule has 0 aliphatic carbocycles. The number of carbonyl (C=O) groups is 1. The molecule has 0 spiro atoms. The van der Waals surface area contributed by atoms with Crippen LogP contribution in [0.15, 0.2) is 12.1 Å². The van der Waals surface area contributed by atoms with Crippen LogP contribution < -0.4 is 0 Å². The smallest absolute Gasteiger partial charge is 0.255 e. The van der Waals surface area contributed by atoms with Crippen LogP contribution in [0.2, 0.25) is 5.02 Å². The Hall–Kier alpha value is -1.10. The molecule has 3 atom stereocenters. The number of halogens is 1. The lowest BCUT2D eigenvalue weighted by molar-refractivity contribution is -0.0589. The number of hydrogen-bond acceptors (Lipinski definition) is 3. The summed E-state index contributed by atoms with van der Waals surface area (Å²) in [6.45, 7) is 5.82. The monoisotopic (exact) mass is 337 g/mol. The van der Waals surface area contributed by atoms with Crippen molar-refractivity contribution in [2.24, 2.45) is 5.92 Å². The van der Waals surface area contributed by atoms with Crippen molar-refractivity contribution in [1.82, 2.24) is 4.90 Å². The molecule has 5 heteroatoms. The van der Waals surface area contributed by atoms with Gasteiger partial charge in [-0.2, -0.15) is 0 Å². The molecule has 23 heavy (non-hydrogen) atoms. The van der Waals surface area contributed by atoms with Crippen LogP contribution in [0.25, 0.3) is 0 Å². The van der Waals surface area contributed by atoms with Gasteiger partial charge in [0, 0.05) is 25.1 Å². The average Bonchev–Trinajstić information content (AvgIpc) is 3.00. The van der Waals surface area contributed by atoms with Gasteiger partial charge >= 0.3 is 0 Å². The number of hydrogen-bond donors (Lipinski definition) is 1. The Morgan fingerprint density at radius 2 is 2.04 bits per heavy atom. The SMILES string of the molecule is Cc1cc(Cl)c(C(=O)N2CCC[C@@H]2[C@@H]2COCC[C@H]2O)cc1C. The van der Waals surface area contributed by atoms with E-state index in [0.717, 1.165) is 30.5 Å². The van der Waals surface area contributed by atoms with Crippen LogP contribution in [-0.4, -0.2) is 47.8 Å². The molecular formula is C18H24ClNO3. The molecule has 3 rings (SSSR count). The topological polar surface area (TPSA) is 49.8 Å². The first-order valence-electron chi connectivity index (χ1n) is 8.32. The highest BCUT2D eigenvalue weighted by Crippen LogP contribution is 2.32. The van der Waals surface area contributed by atoms with E-state index in [0.29, 0.717) is 30.2 Å². The van der Waals surface area contributed by atoms with Crippen LogP contribution in [0.5, 0.6) is 0 Å².